The average Bonchev–Trinajstić information content (AvgIpc) is 3.25. The number of amides is 3. The number of carbonyl (C=O) groups excluding carboxylic acids is 2. The summed E-state index contributed by atoms with van der Waals surface area (Å²) in [7, 11) is 1.64. The molecule has 0 radical (unpaired) electrons. The number of urea groups is 1. The second kappa shape index (κ2) is 8.89. The Bertz CT molecular complexity index is 1070. The summed E-state index contributed by atoms with van der Waals surface area (Å²) in [4.78, 5) is 43.8. The van der Waals surface area contributed by atoms with E-state index >= 15 is 0 Å². The Balaban J connectivity index is 1.55. The molecule has 0 aliphatic rings. The van der Waals surface area contributed by atoms with Gasteiger partial charge in [0.25, 0.3) is 5.56 Å². The lowest BCUT2D eigenvalue weighted by atomic mass is 10.2. The molecule has 7 nitrogen and oxygen atoms in total. The van der Waals surface area contributed by atoms with Crippen molar-refractivity contribution in [2.24, 2.45) is 7.05 Å². The topological polar surface area (TPSA) is 93.1 Å². The van der Waals surface area contributed by atoms with Crippen molar-refractivity contribution in [1.29, 1.82) is 0 Å². The van der Waals surface area contributed by atoms with Crippen LogP contribution in [-0.4, -0.2) is 33.8 Å². The van der Waals surface area contributed by atoms with Crippen molar-refractivity contribution in [2.45, 2.75) is 25.4 Å². The molecule has 0 bridgehead atoms. The van der Waals surface area contributed by atoms with Gasteiger partial charge in [0.15, 0.2) is 5.16 Å². The van der Waals surface area contributed by atoms with Crippen LogP contribution in [0.4, 0.5) is 4.79 Å². The van der Waals surface area contributed by atoms with Crippen molar-refractivity contribution in [2.75, 3.05) is 12.3 Å². The molecule has 0 unspecified atom stereocenters. The lowest BCUT2D eigenvalue weighted by molar-refractivity contribution is -0.117. The van der Waals surface area contributed by atoms with Gasteiger partial charge in [0, 0.05) is 23.3 Å². The second-order valence-corrected chi connectivity index (χ2v) is 9.32. The Morgan fingerprint density at radius 1 is 1.32 bits per heavy atom. The van der Waals surface area contributed by atoms with Crippen LogP contribution in [0.3, 0.4) is 0 Å². The SMILES string of the molecule is Cc1sc2nc(SCC(=O)NC(=O)NCCc3cccs3)n(C)c(=O)c2c1C. The summed E-state index contributed by atoms with van der Waals surface area (Å²) in [5.41, 5.74) is 0.822. The van der Waals surface area contributed by atoms with E-state index in [1.54, 1.807) is 18.4 Å². The van der Waals surface area contributed by atoms with Crippen LogP contribution in [0.1, 0.15) is 15.3 Å². The third-order valence-electron chi connectivity index (χ3n) is 4.19. The molecule has 28 heavy (non-hydrogen) atoms. The van der Waals surface area contributed by atoms with Crippen molar-refractivity contribution < 1.29 is 9.59 Å². The van der Waals surface area contributed by atoms with E-state index in [0.29, 0.717) is 21.9 Å². The van der Waals surface area contributed by atoms with Crippen LogP contribution >= 0.6 is 34.4 Å². The van der Waals surface area contributed by atoms with Crippen LogP contribution in [-0.2, 0) is 18.3 Å². The number of hydrogen-bond donors (Lipinski definition) is 2. The Morgan fingerprint density at radius 2 is 2.11 bits per heavy atom. The van der Waals surface area contributed by atoms with E-state index < -0.39 is 11.9 Å². The Labute approximate surface area is 174 Å². The molecule has 0 spiro atoms. The van der Waals surface area contributed by atoms with Gasteiger partial charge < -0.3 is 5.32 Å². The minimum atomic E-state index is -0.524. The minimum Gasteiger partial charge on any atom is -0.337 e. The summed E-state index contributed by atoms with van der Waals surface area (Å²) < 4.78 is 1.44. The number of nitrogens with zero attached hydrogens (tertiary/aromatic N) is 2. The molecule has 3 rings (SSSR count). The van der Waals surface area contributed by atoms with Crippen LogP contribution in [0, 0.1) is 13.8 Å². The lowest BCUT2D eigenvalue weighted by Crippen LogP contribution is -2.41. The molecular weight excluding hydrogens is 416 g/mol. The summed E-state index contributed by atoms with van der Waals surface area (Å²) in [6, 6.07) is 3.43. The highest BCUT2D eigenvalue weighted by Gasteiger charge is 2.16. The number of thiophene rings is 2. The van der Waals surface area contributed by atoms with Gasteiger partial charge in [0.05, 0.1) is 11.1 Å². The van der Waals surface area contributed by atoms with E-state index in [1.807, 2.05) is 31.4 Å². The molecule has 3 heterocycles. The van der Waals surface area contributed by atoms with Crippen LogP contribution in [0.5, 0.6) is 0 Å². The van der Waals surface area contributed by atoms with E-state index in [4.69, 9.17) is 0 Å². The van der Waals surface area contributed by atoms with Gasteiger partial charge >= 0.3 is 6.03 Å². The number of aryl methyl sites for hydroxylation is 2. The number of rotatable bonds is 6. The van der Waals surface area contributed by atoms with E-state index in [1.165, 1.54) is 20.8 Å². The molecule has 0 saturated heterocycles. The van der Waals surface area contributed by atoms with Gasteiger partial charge in [0.2, 0.25) is 5.91 Å². The van der Waals surface area contributed by atoms with E-state index in [9.17, 15) is 14.4 Å². The van der Waals surface area contributed by atoms with Gasteiger partial charge in [-0.05, 0) is 37.3 Å². The maximum Gasteiger partial charge on any atom is 0.321 e. The highest BCUT2D eigenvalue weighted by atomic mass is 32.2. The smallest absolute Gasteiger partial charge is 0.321 e. The molecule has 0 aliphatic carbocycles. The fraction of sp³-hybridized carbons (Fsp3) is 0.333. The van der Waals surface area contributed by atoms with Crippen LogP contribution in [0.25, 0.3) is 10.2 Å². The largest absolute Gasteiger partial charge is 0.337 e. The molecule has 0 aliphatic heterocycles. The predicted molar refractivity (Wildman–Crippen MR) is 115 cm³/mol. The summed E-state index contributed by atoms with van der Waals surface area (Å²) in [5.74, 6) is -0.445. The van der Waals surface area contributed by atoms with Crippen LogP contribution in [0.15, 0.2) is 27.5 Å². The predicted octanol–water partition coefficient (Wildman–Crippen LogP) is 2.83. The van der Waals surface area contributed by atoms with E-state index in [2.05, 4.69) is 15.6 Å². The zero-order valence-electron chi connectivity index (χ0n) is 15.7. The molecule has 0 aromatic carbocycles. The Hall–Kier alpha value is -2.17. The van der Waals surface area contributed by atoms with Gasteiger partial charge in [-0.3, -0.25) is 19.5 Å². The van der Waals surface area contributed by atoms with Gasteiger partial charge in [-0.1, -0.05) is 17.8 Å². The first-order valence-corrected chi connectivity index (χ1v) is 11.2. The highest BCUT2D eigenvalue weighted by molar-refractivity contribution is 7.99. The number of aromatic nitrogens is 2. The maximum absolute atomic E-state index is 12.6. The fourth-order valence-electron chi connectivity index (χ4n) is 2.58. The molecule has 3 amide bonds. The molecule has 10 heteroatoms. The number of imide groups is 1. The first-order valence-electron chi connectivity index (χ1n) is 8.56. The maximum atomic E-state index is 12.6. The highest BCUT2D eigenvalue weighted by Crippen LogP contribution is 2.27. The Morgan fingerprint density at radius 3 is 2.82 bits per heavy atom. The molecular formula is C18H20N4O3S3. The zero-order chi connectivity index (χ0) is 20.3. The van der Waals surface area contributed by atoms with Crippen molar-refractivity contribution in [3.8, 4) is 0 Å². The third-order valence-corrected chi connectivity index (χ3v) is 7.26. The van der Waals surface area contributed by atoms with Gasteiger partial charge in [-0.25, -0.2) is 9.78 Å². The van der Waals surface area contributed by atoms with Gasteiger partial charge in [-0.2, -0.15) is 0 Å². The minimum absolute atomic E-state index is 0.00648. The van der Waals surface area contributed by atoms with Crippen molar-refractivity contribution in [3.05, 3.63) is 43.2 Å². The number of thioether (sulfide) groups is 1. The van der Waals surface area contributed by atoms with Crippen LogP contribution < -0.4 is 16.2 Å². The monoisotopic (exact) mass is 436 g/mol. The molecule has 0 atom stereocenters. The number of carbonyl (C=O) groups is 2. The molecule has 0 saturated carbocycles. The number of fused-ring (bicyclic) bond motifs is 1. The van der Waals surface area contributed by atoms with Gasteiger partial charge in [0.1, 0.15) is 4.83 Å². The van der Waals surface area contributed by atoms with Gasteiger partial charge in [-0.15, -0.1) is 22.7 Å². The molecule has 3 aromatic heterocycles. The quantitative estimate of drug-likeness (QED) is 0.458. The van der Waals surface area contributed by atoms with Crippen LogP contribution in [0.2, 0.25) is 0 Å². The molecule has 2 N–H and O–H groups in total. The standard InChI is InChI=1S/C18H20N4O3S3/c1-10-11(2)28-15-14(10)16(24)22(3)18(21-15)27-9-13(23)20-17(25)19-7-6-12-5-4-8-26-12/h4-5,8H,6-7,9H2,1-3H3,(H2,19,20,23,25). The molecule has 0 fully saturated rings. The third kappa shape index (κ3) is 4.62. The summed E-state index contributed by atoms with van der Waals surface area (Å²) >= 11 is 4.22. The van der Waals surface area contributed by atoms with Crippen molar-refractivity contribution in [3.63, 3.8) is 0 Å². The Kier molecular flexibility index (Phi) is 6.53. The van der Waals surface area contributed by atoms with E-state index in [-0.39, 0.29) is 11.3 Å². The second-order valence-electron chi connectivity index (χ2n) is 6.14. The zero-order valence-corrected chi connectivity index (χ0v) is 18.1. The fourth-order valence-corrected chi connectivity index (χ4v) is 5.13. The number of nitrogens with one attached hydrogen (secondary N) is 2. The average molecular weight is 437 g/mol. The molecule has 148 valence electrons. The lowest BCUT2D eigenvalue weighted by Gasteiger charge is -2.08. The molecule has 3 aromatic rings. The number of hydrogen-bond acceptors (Lipinski definition) is 7. The summed E-state index contributed by atoms with van der Waals surface area (Å²) in [6.45, 7) is 4.32. The summed E-state index contributed by atoms with van der Waals surface area (Å²) in [5, 5.41) is 8.02. The summed E-state index contributed by atoms with van der Waals surface area (Å²) in [6.07, 6.45) is 0.722. The van der Waals surface area contributed by atoms with Crippen molar-refractivity contribution >= 4 is 56.6 Å². The normalized spacial score (nSPS) is 11.0. The van der Waals surface area contributed by atoms with E-state index in [0.717, 1.165) is 28.6 Å². The van der Waals surface area contributed by atoms with Crippen molar-refractivity contribution in [1.82, 2.24) is 20.2 Å². The first-order chi connectivity index (χ1) is 13.4. The first kappa shape index (κ1) is 20.6.